The number of hydrogen-bond acceptors (Lipinski definition) is 7. The lowest BCUT2D eigenvalue weighted by atomic mass is 10.1. The van der Waals surface area contributed by atoms with Gasteiger partial charge in [0.15, 0.2) is 11.5 Å². The Morgan fingerprint density at radius 2 is 1.37 bits per heavy atom. The third-order valence-corrected chi connectivity index (χ3v) is 5.61. The number of rotatable bonds is 6. The smallest absolute Gasteiger partial charge is 0.414 e. The standard InChI is InChI=1S/C19H30N2O3.C2H2O4/c1-22-17-13-19(24-3)18(23-2)12-15(17)14-20-8-10-21(11-9-20)16-6-4-5-7-16;3-1(4)2(5)6/h12-13,16H,4-11,14H2,1-3H3;(H,3,4)(H,5,6). The minimum atomic E-state index is -1.82. The normalized spacial score (nSPS) is 17.7. The number of carboxylic acid groups (broad SMARTS) is 2. The highest BCUT2D eigenvalue weighted by Gasteiger charge is 2.26. The second kappa shape index (κ2) is 11.6. The van der Waals surface area contributed by atoms with Gasteiger partial charge in [0, 0.05) is 50.4 Å². The van der Waals surface area contributed by atoms with E-state index in [2.05, 4.69) is 9.80 Å². The molecule has 0 amide bonds. The van der Waals surface area contributed by atoms with Crippen molar-refractivity contribution < 1.29 is 34.0 Å². The fraction of sp³-hybridized carbons (Fsp3) is 0.619. The molecule has 30 heavy (non-hydrogen) atoms. The van der Waals surface area contributed by atoms with Crippen LogP contribution in [0, 0.1) is 0 Å². The first-order chi connectivity index (χ1) is 14.4. The van der Waals surface area contributed by atoms with Crippen molar-refractivity contribution >= 4 is 11.9 Å². The maximum Gasteiger partial charge on any atom is 0.414 e. The van der Waals surface area contributed by atoms with Crippen LogP contribution in [0.5, 0.6) is 17.2 Å². The quantitative estimate of drug-likeness (QED) is 0.662. The molecule has 0 aromatic heterocycles. The van der Waals surface area contributed by atoms with Crippen molar-refractivity contribution in [1.82, 2.24) is 9.80 Å². The van der Waals surface area contributed by atoms with Crippen molar-refractivity contribution in [3.05, 3.63) is 17.7 Å². The number of nitrogens with zero attached hydrogens (tertiary/aromatic N) is 2. The average molecular weight is 424 g/mol. The van der Waals surface area contributed by atoms with Crippen LogP contribution in [0.1, 0.15) is 31.2 Å². The molecule has 1 heterocycles. The van der Waals surface area contributed by atoms with E-state index in [-0.39, 0.29) is 0 Å². The summed E-state index contributed by atoms with van der Waals surface area (Å²) in [5, 5.41) is 14.8. The Labute approximate surface area is 177 Å². The lowest BCUT2D eigenvalue weighted by Crippen LogP contribution is -2.49. The van der Waals surface area contributed by atoms with E-state index in [4.69, 9.17) is 34.0 Å². The summed E-state index contributed by atoms with van der Waals surface area (Å²) in [6.45, 7) is 5.49. The number of hydrogen-bond donors (Lipinski definition) is 2. The van der Waals surface area contributed by atoms with Crippen molar-refractivity contribution in [3.63, 3.8) is 0 Å². The van der Waals surface area contributed by atoms with E-state index in [1.54, 1.807) is 21.3 Å². The minimum absolute atomic E-state index is 0.712. The Balaban J connectivity index is 0.000000469. The first-order valence-electron chi connectivity index (χ1n) is 10.1. The van der Waals surface area contributed by atoms with E-state index in [1.807, 2.05) is 12.1 Å². The van der Waals surface area contributed by atoms with Gasteiger partial charge in [-0.3, -0.25) is 9.80 Å². The molecule has 0 radical (unpaired) electrons. The molecule has 9 nitrogen and oxygen atoms in total. The van der Waals surface area contributed by atoms with Crippen molar-refractivity contribution in [2.24, 2.45) is 0 Å². The fourth-order valence-electron chi connectivity index (χ4n) is 4.01. The molecule has 1 saturated carbocycles. The molecule has 2 N–H and O–H groups in total. The molecule has 0 atom stereocenters. The highest BCUT2D eigenvalue weighted by molar-refractivity contribution is 6.27. The first-order valence-corrected chi connectivity index (χ1v) is 10.1. The van der Waals surface area contributed by atoms with Gasteiger partial charge in [-0.05, 0) is 18.9 Å². The zero-order chi connectivity index (χ0) is 22.1. The summed E-state index contributed by atoms with van der Waals surface area (Å²) >= 11 is 0. The molecule has 2 aliphatic rings. The molecule has 2 fully saturated rings. The Morgan fingerprint density at radius 3 is 1.83 bits per heavy atom. The third-order valence-electron chi connectivity index (χ3n) is 5.61. The van der Waals surface area contributed by atoms with Crippen LogP contribution in [0.3, 0.4) is 0 Å². The van der Waals surface area contributed by atoms with Gasteiger partial charge in [0.2, 0.25) is 0 Å². The number of aliphatic carboxylic acids is 2. The zero-order valence-electron chi connectivity index (χ0n) is 17.9. The largest absolute Gasteiger partial charge is 0.496 e. The summed E-state index contributed by atoms with van der Waals surface area (Å²) in [5.74, 6) is -1.31. The number of methoxy groups -OCH3 is 3. The minimum Gasteiger partial charge on any atom is -0.496 e. The third kappa shape index (κ3) is 6.50. The zero-order valence-corrected chi connectivity index (χ0v) is 17.9. The molecule has 168 valence electrons. The van der Waals surface area contributed by atoms with E-state index < -0.39 is 11.9 Å². The van der Waals surface area contributed by atoms with Gasteiger partial charge in [0.05, 0.1) is 21.3 Å². The molecule has 1 aliphatic heterocycles. The van der Waals surface area contributed by atoms with Crippen molar-refractivity contribution in [2.75, 3.05) is 47.5 Å². The molecule has 1 aliphatic carbocycles. The highest BCUT2D eigenvalue weighted by Crippen LogP contribution is 2.35. The first kappa shape index (κ1) is 23.8. The Morgan fingerprint density at radius 1 is 0.867 bits per heavy atom. The van der Waals surface area contributed by atoms with Crippen LogP contribution >= 0.6 is 0 Å². The van der Waals surface area contributed by atoms with E-state index in [0.717, 1.165) is 42.7 Å². The van der Waals surface area contributed by atoms with Gasteiger partial charge >= 0.3 is 11.9 Å². The number of ether oxygens (including phenoxy) is 3. The van der Waals surface area contributed by atoms with Gasteiger partial charge in [-0.2, -0.15) is 0 Å². The summed E-state index contributed by atoms with van der Waals surface area (Å²) in [7, 11) is 5.04. The number of piperazine rings is 1. The van der Waals surface area contributed by atoms with E-state index in [1.165, 1.54) is 38.8 Å². The molecule has 0 spiro atoms. The summed E-state index contributed by atoms with van der Waals surface area (Å²) in [6.07, 6.45) is 5.61. The molecular weight excluding hydrogens is 392 g/mol. The predicted molar refractivity (Wildman–Crippen MR) is 110 cm³/mol. The molecule has 1 aromatic rings. The number of carboxylic acids is 2. The van der Waals surface area contributed by atoms with Crippen LogP contribution in [0.15, 0.2) is 12.1 Å². The molecule has 9 heteroatoms. The lowest BCUT2D eigenvalue weighted by molar-refractivity contribution is -0.159. The molecular formula is C21H32N2O7. The Kier molecular flexibility index (Phi) is 9.19. The lowest BCUT2D eigenvalue weighted by Gasteiger charge is -2.38. The van der Waals surface area contributed by atoms with Crippen molar-refractivity contribution in [2.45, 2.75) is 38.3 Å². The molecule has 1 saturated heterocycles. The summed E-state index contributed by atoms with van der Waals surface area (Å²) < 4.78 is 16.4. The molecule has 3 rings (SSSR count). The predicted octanol–water partition coefficient (Wildman–Crippen LogP) is 1.93. The summed E-state index contributed by atoms with van der Waals surface area (Å²) in [5.41, 5.74) is 1.16. The maximum absolute atomic E-state index is 9.10. The molecule has 1 aromatic carbocycles. The average Bonchev–Trinajstić information content (AvgIpc) is 3.29. The fourth-order valence-corrected chi connectivity index (χ4v) is 4.01. The number of carbonyl (C=O) groups is 2. The van der Waals surface area contributed by atoms with Gasteiger partial charge in [-0.25, -0.2) is 9.59 Å². The second-order valence-electron chi connectivity index (χ2n) is 7.38. The van der Waals surface area contributed by atoms with Gasteiger partial charge in [0.25, 0.3) is 0 Å². The van der Waals surface area contributed by atoms with Crippen LogP contribution in [-0.4, -0.2) is 85.5 Å². The maximum atomic E-state index is 9.10. The van der Waals surface area contributed by atoms with E-state index >= 15 is 0 Å². The van der Waals surface area contributed by atoms with Crippen molar-refractivity contribution in [3.8, 4) is 17.2 Å². The van der Waals surface area contributed by atoms with Crippen LogP contribution in [0.2, 0.25) is 0 Å². The highest BCUT2D eigenvalue weighted by atomic mass is 16.5. The summed E-state index contributed by atoms with van der Waals surface area (Å²) in [4.78, 5) is 23.4. The monoisotopic (exact) mass is 424 g/mol. The van der Waals surface area contributed by atoms with Crippen LogP contribution in [-0.2, 0) is 16.1 Å². The topological polar surface area (TPSA) is 109 Å². The van der Waals surface area contributed by atoms with E-state index in [9.17, 15) is 0 Å². The van der Waals surface area contributed by atoms with Gasteiger partial charge in [0.1, 0.15) is 5.75 Å². The second-order valence-corrected chi connectivity index (χ2v) is 7.38. The van der Waals surface area contributed by atoms with Gasteiger partial charge < -0.3 is 24.4 Å². The van der Waals surface area contributed by atoms with Gasteiger partial charge in [-0.1, -0.05) is 12.8 Å². The SMILES string of the molecule is COc1cc(OC)c(OC)cc1CN1CCN(C2CCCC2)CC1.O=C(O)C(=O)O. The van der Waals surface area contributed by atoms with Crippen LogP contribution in [0.25, 0.3) is 0 Å². The van der Waals surface area contributed by atoms with Crippen LogP contribution in [0.4, 0.5) is 0 Å². The molecule has 0 bridgehead atoms. The van der Waals surface area contributed by atoms with E-state index in [0.29, 0.717) is 5.75 Å². The van der Waals surface area contributed by atoms with Crippen molar-refractivity contribution in [1.29, 1.82) is 0 Å². The Bertz CT molecular complexity index is 700. The van der Waals surface area contributed by atoms with Crippen LogP contribution < -0.4 is 14.2 Å². The number of benzene rings is 1. The summed E-state index contributed by atoms with van der Waals surface area (Å²) in [6, 6.07) is 4.80. The molecule has 0 unspecified atom stereocenters. The van der Waals surface area contributed by atoms with Gasteiger partial charge in [-0.15, -0.1) is 0 Å². The Hall–Kier alpha value is -2.52.